The predicted molar refractivity (Wildman–Crippen MR) is 130 cm³/mol. The highest BCUT2D eigenvalue weighted by Crippen LogP contribution is 2.15. The standard InChI is InChI=1S/C22H27ClN4O.HI/c1-24-22(25-13-12-19-5-2-3-6-20(19)23)26-15-17-8-10-18(11-9-17)16-27-14-4-7-21(27)28;/h2-3,5-6,8-11H,4,7,12-16H2,1H3,(H2,24,25,26);1H. The van der Waals surface area contributed by atoms with Gasteiger partial charge in [-0.2, -0.15) is 0 Å². The van der Waals surface area contributed by atoms with E-state index in [0.717, 1.165) is 42.5 Å². The summed E-state index contributed by atoms with van der Waals surface area (Å²) in [6.07, 6.45) is 2.50. The van der Waals surface area contributed by atoms with Crippen LogP contribution in [0.15, 0.2) is 53.5 Å². The van der Waals surface area contributed by atoms with Crippen LogP contribution in [-0.4, -0.2) is 36.9 Å². The van der Waals surface area contributed by atoms with Crippen LogP contribution in [0.5, 0.6) is 0 Å². The van der Waals surface area contributed by atoms with Gasteiger partial charge in [0.25, 0.3) is 0 Å². The number of amides is 1. The van der Waals surface area contributed by atoms with Gasteiger partial charge in [-0.3, -0.25) is 9.79 Å². The minimum absolute atomic E-state index is 0. The van der Waals surface area contributed by atoms with Gasteiger partial charge in [-0.1, -0.05) is 54.1 Å². The van der Waals surface area contributed by atoms with Crippen molar-refractivity contribution in [3.8, 4) is 0 Å². The zero-order chi connectivity index (χ0) is 19.8. The SMILES string of the molecule is CN=C(NCCc1ccccc1Cl)NCc1ccc(CN2CCCC2=O)cc1.I. The summed E-state index contributed by atoms with van der Waals surface area (Å²) in [7, 11) is 1.76. The van der Waals surface area contributed by atoms with Gasteiger partial charge in [-0.15, -0.1) is 24.0 Å². The number of nitrogens with zero attached hydrogens (tertiary/aromatic N) is 2. The fourth-order valence-electron chi connectivity index (χ4n) is 3.28. The smallest absolute Gasteiger partial charge is 0.222 e. The van der Waals surface area contributed by atoms with Crippen LogP contribution in [-0.2, 0) is 24.3 Å². The lowest BCUT2D eigenvalue weighted by molar-refractivity contribution is -0.128. The Hall–Kier alpha value is -1.80. The Labute approximate surface area is 194 Å². The van der Waals surface area contributed by atoms with E-state index in [-0.39, 0.29) is 29.9 Å². The molecular formula is C22H28ClIN4O. The number of benzene rings is 2. The predicted octanol–water partition coefficient (Wildman–Crippen LogP) is 3.99. The van der Waals surface area contributed by atoms with E-state index in [1.54, 1.807) is 7.05 Å². The van der Waals surface area contributed by atoms with Crippen molar-refractivity contribution in [3.05, 3.63) is 70.2 Å². The second kappa shape index (κ2) is 12.0. The van der Waals surface area contributed by atoms with Crippen molar-refractivity contribution in [1.82, 2.24) is 15.5 Å². The normalized spacial score (nSPS) is 13.9. The molecule has 0 aliphatic carbocycles. The van der Waals surface area contributed by atoms with E-state index in [1.165, 1.54) is 11.1 Å². The van der Waals surface area contributed by atoms with Crippen LogP contribution in [0.1, 0.15) is 29.5 Å². The second-order valence-corrected chi connectivity index (χ2v) is 7.34. The van der Waals surface area contributed by atoms with E-state index in [0.29, 0.717) is 19.5 Å². The quantitative estimate of drug-likeness (QED) is 0.326. The third-order valence-corrected chi connectivity index (χ3v) is 5.26. The molecule has 3 rings (SSSR count). The zero-order valence-corrected chi connectivity index (χ0v) is 19.7. The first-order valence-electron chi connectivity index (χ1n) is 9.69. The molecule has 1 saturated heterocycles. The topological polar surface area (TPSA) is 56.7 Å². The Morgan fingerprint density at radius 1 is 1.10 bits per heavy atom. The molecule has 0 saturated carbocycles. The number of guanidine groups is 1. The Morgan fingerprint density at radius 2 is 1.83 bits per heavy atom. The maximum Gasteiger partial charge on any atom is 0.222 e. The lowest BCUT2D eigenvalue weighted by atomic mass is 10.1. The summed E-state index contributed by atoms with van der Waals surface area (Å²) in [5.74, 6) is 1.02. The summed E-state index contributed by atoms with van der Waals surface area (Å²) >= 11 is 6.19. The molecule has 0 unspecified atom stereocenters. The van der Waals surface area contributed by atoms with E-state index in [1.807, 2.05) is 29.2 Å². The molecule has 156 valence electrons. The molecule has 7 heteroatoms. The largest absolute Gasteiger partial charge is 0.356 e. The third kappa shape index (κ3) is 7.19. The molecule has 0 bridgehead atoms. The molecule has 1 amide bonds. The van der Waals surface area contributed by atoms with E-state index < -0.39 is 0 Å². The number of nitrogens with one attached hydrogen (secondary N) is 2. The lowest BCUT2D eigenvalue weighted by Gasteiger charge is -2.16. The van der Waals surface area contributed by atoms with Gasteiger partial charge in [0.2, 0.25) is 5.91 Å². The highest BCUT2D eigenvalue weighted by atomic mass is 127. The minimum Gasteiger partial charge on any atom is -0.356 e. The monoisotopic (exact) mass is 526 g/mol. The van der Waals surface area contributed by atoms with Crippen LogP contribution in [0.4, 0.5) is 0 Å². The van der Waals surface area contributed by atoms with Crippen LogP contribution in [0, 0.1) is 0 Å². The van der Waals surface area contributed by atoms with Gasteiger partial charge in [-0.25, -0.2) is 0 Å². The van der Waals surface area contributed by atoms with Crippen LogP contribution in [0.3, 0.4) is 0 Å². The molecular weight excluding hydrogens is 499 g/mol. The van der Waals surface area contributed by atoms with Crippen molar-refractivity contribution in [2.75, 3.05) is 20.1 Å². The molecule has 0 atom stereocenters. The minimum atomic E-state index is 0. The highest BCUT2D eigenvalue weighted by Gasteiger charge is 2.19. The molecule has 5 nitrogen and oxygen atoms in total. The van der Waals surface area contributed by atoms with Gasteiger partial charge in [-0.05, 0) is 35.6 Å². The van der Waals surface area contributed by atoms with Crippen LogP contribution >= 0.6 is 35.6 Å². The van der Waals surface area contributed by atoms with Crippen LogP contribution in [0.2, 0.25) is 5.02 Å². The number of carbonyl (C=O) groups excluding carboxylic acids is 1. The van der Waals surface area contributed by atoms with Gasteiger partial charge in [0, 0.05) is 44.7 Å². The maximum atomic E-state index is 11.7. The number of hydrogen-bond acceptors (Lipinski definition) is 2. The molecule has 29 heavy (non-hydrogen) atoms. The van der Waals surface area contributed by atoms with Crippen molar-refractivity contribution >= 4 is 47.4 Å². The van der Waals surface area contributed by atoms with Gasteiger partial charge in [0.1, 0.15) is 0 Å². The second-order valence-electron chi connectivity index (χ2n) is 6.93. The molecule has 2 aromatic rings. The fraction of sp³-hybridized carbons (Fsp3) is 0.364. The first-order chi connectivity index (χ1) is 13.7. The summed E-state index contributed by atoms with van der Waals surface area (Å²) in [6.45, 7) is 3.02. The van der Waals surface area contributed by atoms with Crippen LogP contribution in [0.25, 0.3) is 0 Å². The Bertz CT molecular complexity index is 826. The van der Waals surface area contributed by atoms with Gasteiger partial charge < -0.3 is 15.5 Å². The van der Waals surface area contributed by atoms with E-state index >= 15 is 0 Å². The van der Waals surface area contributed by atoms with Crippen molar-refractivity contribution in [2.45, 2.75) is 32.4 Å². The number of likely N-dealkylation sites (tertiary alicyclic amines) is 1. The molecule has 2 N–H and O–H groups in total. The number of carbonyl (C=O) groups is 1. The molecule has 0 radical (unpaired) electrons. The van der Waals surface area contributed by atoms with Crippen LogP contribution < -0.4 is 10.6 Å². The average Bonchev–Trinajstić information content (AvgIpc) is 3.11. The third-order valence-electron chi connectivity index (χ3n) is 4.90. The Morgan fingerprint density at radius 3 is 2.48 bits per heavy atom. The van der Waals surface area contributed by atoms with Crippen molar-refractivity contribution in [2.24, 2.45) is 4.99 Å². The number of hydrogen-bond donors (Lipinski definition) is 2. The lowest BCUT2D eigenvalue weighted by Crippen LogP contribution is -2.37. The molecule has 1 fully saturated rings. The van der Waals surface area contributed by atoms with Gasteiger partial charge in [0.15, 0.2) is 5.96 Å². The Kier molecular flexibility index (Phi) is 9.73. The Balaban J connectivity index is 0.00000300. The summed E-state index contributed by atoms with van der Waals surface area (Å²) in [6, 6.07) is 16.3. The van der Waals surface area contributed by atoms with Gasteiger partial charge >= 0.3 is 0 Å². The summed E-state index contributed by atoms with van der Waals surface area (Å²) in [4.78, 5) is 17.9. The van der Waals surface area contributed by atoms with E-state index in [2.05, 4.69) is 39.9 Å². The first kappa shape index (κ1) is 23.5. The summed E-state index contributed by atoms with van der Waals surface area (Å²) in [5, 5.41) is 7.44. The van der Waals surface area contributed by atoms with E-state index in [9.17, 15) is 4.79 Å². The first-order valence-corrected chi connectivity index (χ1v) is 10.1. The average molecular weight is 527 g/mol. The van der Waals surface area contributed by atoms with Gasteiger partial charge in [0.05, 0.1) is 0 Å². The number of rotatable bonds is 7. The molecule has 2 aromatic carbocycles. The zero-order valence-electron chi connectivity index (χ0n) is 16.7. The summed E-state index contributed by atoms with van der Waals surface area (Å²) < 4.78 is 0. The summed E-state index contributed by atoms with van der Waals surface area (Å²) in [5.41, 5.74) is 3.46. The molecule has 0 spiro atoms. The van der Waals surface area contributed by atoms with Crippen molar-refractivity contribution in [1.29, 1.82) is 0 Å². The molecule has 1 aliphatic heterocycles. The highest BCUT2D eigenvalue weighted by molar-refractivity contribution is 14.0. The number of aliphatic imine (C=N–C) groups is 1. The molecule has 1 aliphatic rings. The van der Waals surface area contributed by atoms with Crippen molar-refractivity contribution < 1.29 is 4.79 Å². The molecule has 0 aromatic heterocycles. The van der Waals surface area contributed by atoms with Crippen molar-refractivity contribution in [3.63, 3.8) is 0 Å². The molecule has 1 heterocycles. The maximum absolute atomic E-state index is 11.7. The number of halogens is 2. The fourth-order valence-corrected chi connectivity index (χ4v) is 3.51. The van der Waals surface area contributed by atoms with E-state index in [4.69, 9.17) is 11.6 Å².